The quantitative estimate of drug-likeness (QED) is 0.771. The molecular formula is C19H19F2N3O2S. The summed E-state index contributed by atoms with van der Waals surface area (Å²) < 4.78 is 30.9. The average molecular weight is 391 g/mol. The summed E-state index contributed by atoms with van der Waals surface area (Å²) in [6.07, 6.45) is 1.63. The minimum atomic E-state index is -3.05. The Labute approximate surface area is 160 Å². The smallest absolute Gasteiger partial charge is 0.387 e. The Morgan fingerprint density at radius 2 is 2.30 bits per heavy atom. The molecule has 3 rings (SSSR count). The van der Waals surface area contributed by atoms with Crippen LogP contribution in [0.2, 0.25) is 0 Å². The van der Waals surface area contributed by atoms with E-state index < -0.39 is 6.61 Å². The molecule has 0 aliphatic carbocycles. The molecule has 0 unspecified atom stereocenters. The van der Waals surface area contributed by atoms with Gasteiger partial charge in [0, 0.05) is 23.4 Å². The van der Waals surface area contributed by atoms with Gasteiger partial charge in [-0.05, 0) is 37.1 Å². The Morgan fingerprint density at radius 1 is 1.48 bits per heavy atom. The van der Waals surface area contributed by atoms with E-state index in [-0.39, 0.29) is 23.8 Å². The molecule has 142 valence electrons. The highest BCUT2D eigenvalue weighted by Crippen LogP contribution is 2.45. The number of ether oxygens (including phenoxy) is 1. The number of nitrogens with one attached hydrogen (secondary N) is 2. The van der Waals surface area contributed by atoms with Crippen LogP contribution in [0.1, 0.15) is 35.8 Å². The van der Waals surface area contributed by atoms with Gasteiger partial charge in [-0.1, -0.05) is 13.0 Å². The number of carbonyl (C=O) groups is 1. The zero-order valence-electron chi connectivity index (χ0n) is 14.8. The van der Waals surface area contributed by atoms with Gasteiger partial charge >= 0.3 is 6.61 Å². The van der Waals surface area contributed by atoms with Crippen LogP contribution < -0.4 is 15.4 Å². The van der Waals surface area contributed by atoms with Gasteiger partial charge in [-0.15, -0.1) is 11.3 Å². The van der Waals surface area contributed by atoms with E-state index in [0.717, 1.165) is 17.0 Å². The molecular weight excluding hydrogens is 372 g/mol. The van der Waals surface area contributed by atoms with E-state index in [1.165, 1.54) is 17.4 Å². The molecule has 0 saturated heterocycles. The number of halogens is 2. The van der Waals surface area contributed by atoms with Crippen molar-refractivity contribution in [3.63, 3.8) is 0 Å². The first-order valence-electron chi connectivity index (χ1n) is 8.68. The first kappa shape index (κ1) is 19.3. The third kappa shape index (κ3) is 4.10. The van der Waals surface area contributed by atoms with E-state index >= 15 is 0 Å². The fraction of sp³-hybridized carbons (Fsp3) is 0.368. The van der Waals surface area contributed by atoms with E-state index in [2.05, 4.69) is 16.7 Å². The SMILES string of the molecule is CCCC(=O)Nc1cccc(-c2sc3c(c2C#N)CCNC3)c1OC(F)F. The van der Waals surface area contributed by atoms with Crippen LogP contribution in [0, 0.1) is 11.3 Å². The molecule has 1 aliphatic heterocycles. The van der Waals surface area contributed by atoms with Gasteiger partial charge in [0.15, 0.2) is 5.75 Å². The molecule has 1 aromatic carbocycles. The van der Waals surface area contributed by atoms with Crippen molar-refractivity contribution in [2.75, 3.05) is 11.9 Å². The van der Waals surface area contributed by atoms with Crippen molar-refractivity contribution < 1.29 is 18.3 Å². The number of alkyl halides is 2. The number of thiophene rings is 1. The Morgan fingerprint density at radius 3 is 3.00 bits per heavy atom. The number of carbonyl (C=O) groups excluding carboxylic acids is 1. The lowest BCUT2D eigenvalue weighted by molar-refractivity contribution is -0.116. The largest absolute Gasteiger partial charge is 0.432 e. The molecule has 0 radical (unpaired) electrons. The minimum Gasteiger partial charge on any atom is -0.432 e. The van der Waals surface area contributed by atoms with Gasteiger partial charge < -0.3 is 15.4 Å². The normalized spacial score (nSPS) is 13.1. The molecule has 1 aliphatic rings. The molecule has 1 aromatic heterocycles. The van der Waals surface area contributed by atoms with Gasteiger partial charge in [0.2, 0.25) is 5.91 Å². The second-order valence-corrected chi connectivity index (χ2v) is 7.21. The molecule has 27 heavy (non-hydrogen) atoms. The molecule has 1 amide bonds. The van der Waals surface area contributed by atoms with E-state index in [1.807, 2.05) is 6.92 Å². The van der Waals surface area contributed by atoms with E-state index in [1.54, 1.807) is 12.1 Å². The summed E-state index contributed by atoms with van der Waals surface area (Å²) in [6, 6.07) is 7.04. The molecule has 8 heteroatoms. The number of hydrogen-bond donors (Lipinski definition) is 2. The number of rotatable bonds is 6. The van der Waals surface area contributed by atoms with Crippen LogP contribution in [-0.4, -0.2) is 19.1 Å². The molecule has 2 heterocycles. The Balaban J connectivity index is 2.11. The highest BCUT2D eigenvalue weighted by Gasteiger charge is 2.25. The van der Waals surface area contributed by atoms with Crippen LogP contribution in [0.5, 0.6) is 5.75 Å². The van der Waals surface area contributed by atoms with Gasteiger partial charge in [0.1, 0.15) is 6.07 Å². The van der Waals surface area contributed by atoms with Crippen LogP contribution in [0.4, 0.5) is 14.5 Å². The molecule has 2 aromatic rings. The number of amides is 1. The first-order chi connectivity index (χ1) is 13.0. The van der Waals surface area contributed by atoms with Gasteiger partial charge in [-0.2, -0.15) is 14.0 Å². The van der Waals surface area contributed by atoms with E-state index in [0.29, 0.717) is 35.4 Å². The monoisotopic (exact) mass is 391 g/mol. The van der Waals surface area contributed by atoms with Crippen molar-refractivity contribution in [2.24, 2.45) is 0 Å². The summed E-state index contributed by atoms with van der Waals surface area (Å²) >= 11 is 1.40. The predicted octanol–water partition coefficient (Wildman–Crippen LogP) is 4.27. The van der Waals surface area contributed by atoms with Crippen LogP contribution >= 0.6 is 11.3 Å². The lowest BCUT2D eigenvalue weighted by atomic mass is 10.00. The molecule has 0 spiro atoms. The van der Waals surface area contributed by atoms with Crippen molar-refractivity contribution in [2.45, 2.75) is 39.3 Å². The van der Waals surface area contributed by atoms with E-state index in [4.69, 9.17) is 4.74 Å². The lowest BCUT2D eigenvalue weighted by Gasteiger charge is -2.15. The van der Waals surface area contributed by atoms with Gasteiger partial charge in [0.05, 0.1) is 16.1 Å². The minimum absolute atomic E-state index is 0.111. The Kier molecular flexibility index (Phi) is 6.04. The number of nitrogens with zero attached hydrogens (tertiary/aromatic N) is 1. The van der Waals surface area contributed by atoms with Crippen molar-refractivity contribution in [3.8, 4) is 22.3 Å². The number of fused-ring (bicyclic) bond motifs is 1. The summed E-state index contributed by atoms with van der Waals surface area (Å²) in [4.78, 5) is 13.6. The number of hydrogen-bond acceptors (Lipinski definition) is 5. The van der Waals surface area contributed by atoms with Crippen LogP contribution in [0.3, 0.4) is 0 Å². The molecule has 0 bridgehead atoms. The highest BCUT2D eigenvalue weighted by molar-refractivity contribution is 7.16. The predicted molar refractivity (Wildman–Crippen MR) is 100 cm³/mol. The Bertz CT molecular complexity index is 890. The first-order valence-corrected chi connectivity index (χ1v) is 9.50. The summed E-state index contributed by atoms with van der Waals surface area (Å²) in [5.41, 5.74) is 2.02. The number of para-hydroxylation sites is 1. The summed E-state index contributed by atoms with van der Waals surface area (Å²) in [5, 5.41) is 15.5. The maximum atomic E-state index is 13.1. The fourth-order valence-corrected chi connectivity index (χ4v) is 4.40. The lowest BCUT2D eigenvalue weighted by Crippen LogP contribution is -2.22. The van der Waals surface area contributed by atoms with Crippen LogP contribution in [0.25, 0.3) is 10.4 Å². The van der Waals surface area contributed by atoms with E-state index in [9.17, 15) is 18.8 Å². The molecule has 2 N–H and O–H groups in total. The number of nitriles is 1. The summed E-state index contributed by atoms with van der Waals surface area (Å²) in [7, 11) is 0. The number of benzene rings is 1. The van der Waals surface area contributed by atoms with Crippen molar-refractivity contribution in [1.29, 1.82) is 5.26 Å². The van der Waals surface area contributed by atoms with Gasteiger partial charge in [-0.3, -0.25) is 4.79 Å². The fourth-order valence-electron chi connectivity index (χ4n) is 3.11. The third-order valence-electron chi connectivity index (χ3n) is 4.26. The average Bonchev–Trinajstić information content (AvgIpc) is 3.01. The Hall–Kier alpha value is -2.50. The maximum absolute atomic E-state index is 13.1. The zero-order chi connectivity index (χ0) is 19.4. The second kappa shape index (κ2) is 8.46. The second-order valence-electron chi connectivity index (χ2n) is 6.11. The third-order valence-corrected chi connectivity index (χ3v) is 5.52. The summed E-state index contributed by atoms with van der Waals surface area (Å²) in [6.45, 7) is 0.225. The maximum Gasteiger partial charge on any atom is 0.387 e. The highest BCUT2D eigenvalue weighted by atomic mass is 32.1. The van der Waals surface area contributed by atoms with Crippen molar-refractivity contribution >= 4 is 22.9 Å². The molecule has 0 fully saturated rings. The topological polar surface area (TPSA) is 74.2 Å². The van der Waals surface area contributed by atoms with Gasteiger partial charge in [0.25, 0.3) is 0 Å². The van der Waals surface area contributed by atoms with Crippen LogP contribution in [-0.2, 0) is 17.8 Å². The van der Waals surface area contributed by atoms with Crippen LogP contribution in [0.15, 0.2) is 18.2 Å². The standard InChI is InChI=1S/C19H19F2N3O2S/c1-2-4-16(25)24-14-6-3-5-12(17(14)26-19(20)21)18-13(9-22)11-7-8-23-10-15(11)27-18/h3,5-6,19,23H,2,4,7-8,10H2,1H3,(H,24,25). The van der Waals surface area contributed by atoms with Gasteiger partial charge in [-0.25, -0.2) is 0 Å². The van der Waals surface area contributed by atoms with Crippen molar-refractivity contribution in [1.82, 2.24) is 5.32 Å². The molecule has 0 saturated carbocycles. The van der Waals surface area contributed by atoms with Crippen molar-refractivity contribution in [3.05, 3.63) is 34.2 Å². The number of anilines is 1. The zero-order valence-corrected chi connectivity index (χ0v) is 15.6. The molecule has 5 nitrogen and oxygen atoms in total. The molecule has 0 atom stereocenters. The summed E-state index contributed by atoms with van der Waals surface area (Å²) in [5.74, 6) is -0.385.